The lowest BCUT2D eigenvalue weighted by atomic mass is 9.53. The van der Waals surface area contributed by atoms with Gasteiger partial charge in [0, 0.05) is 26.2 Å². The summed E-state index contributed by atoms with van der Waals surface area (Å²) in [6.45, 7) is 34.3. The Morgan fingerprint density at radius 1 is 0.403 bits per heavy atom. The lowest BCUT2D eigenvalue weighted by molar-refractivity contribution is -0.0841. The zero-order valence-corrected chi connectivity index (χ0v) is 43.0. The zero-order valence-electron chi connectivity index (χ0n) is 41.0. The highest BCUT2D eigenvalue weighted by atomic mass is 29.3. The Morgan fingerprint density at radius 3 is 0.806 bits per heavy atom. The molecule has 0 saturated heterocycles. The van der Waals surface area contributed by atoms with Crippen molar-refractivity contribution in [2.75, 3.05) is 44.4 Å². The van der Waals surface area contributed by atoms with E-state index in [1.807, 2.05) is 0 Å². The first-order valence-corrected chi connectivity index (χ1v) is 30.0. The van der Waals surface area contributed by atoms with E-state index < -0.39 is 16.2 Å². The highest BCUT2D eigenvalue weighted by molar-refractivity contribution is 7.46. The Morgan fingerprint density at radius 2 is 0.613 bits per heavy atom. The molecule has 13 rings (SSSR count). The topological polar surface area (TPSA) is 44.2 Å². The average Bonchev–Trinajstić information content (AvgIpc) is 3.52. The van der Waals surface area contributed by atoms with Gasteiger partial charge < -0.3 is 18.3 Å². The van der Waals surface area contributed by atoms with Gasteiger partial charge >= 0.3 is 16.2 Å². The van der Waals surface area contributed by atoms with E-state index in [1.165, 1.54) is 99.8 Å². The van der Waals surface area contributed by atoms with Crippen molar-refractivity contribution in [3.63, 3.8) is 0 Å². The summed E-state index contributed by atoms with van der Waals surface area (Å²) in [7, 11) is -6.83. The van der Waals surface area contributed by atoms with Crippen LogP contribution in [0.4, 0.5) is 22.7 Å². The van der Waals surface area contributed by atoms with Gasteiger partial charge in [-0.2, -0.15) is 0 Å². The number of benzene rings is 2. The van der Waals surface area contributed by atoms with Gasteiger partial charge in [0.05, 0.1) is 33.8 Å². The van der Waals surface area contributed by atoms with Gasteiger partial charge in [0.2, 0.25) is 0 Å². The molecule has 0 aromatic heterocycles. The maximum atomic E-state index is 6.22. The van der Waals surface area contributed by atoms with Crippen molar-refractivity contribution in [2.45, 2.75) is 171 Å². The van der Waals surface area contributed by atoms with Crippen molar-refractivity contribution in [3.05, 3.63) is 48.5 Å². The summed E-state index contributed by atoms with van der Waals surface area (Å²) in [4.78, 5) is 0. The summed E-state index contributed by atoms with van der Waals surface area (Å²) in [5, 5.41) is 12.4. The van der Waals surface area contributed by atoms with Crippen LogP contribution >= 0.6 is 0 Å². The molecule has 3 aliphatic heterocycles. The monoisotopic (exact) mass is 875 g/mol. The molecule has 0 unspecified atom stereocenters. The van der Waals surface area contributed by atoms with Crippen LogP contribution in [0.25, 0.3) is 0 Å². The van der Waals surface area contributed by atoms with Crippen LogP contribution in [0.3, 0.4) is 0 Å². The Labute approximate surface area is 378 Å². The molecule has 2 aromatic rings. The van der Waals surface area contributed by atoms with Crippen molar-refractivity contribution in [3.8, 4) is 0 Å². The van der Waals surface area contributed by atoms with Crippen LogP contribution in [0.5, 0.6) is 0 Å². The van der Waals surface area contributed by atoms with E-state index in [1.54, 1.807) is 0 Å². The molecule has 11 aliphatic rings. The minimum atomic E-state index is -3.42. The smallest absolute Gasteiger partial charge is 0.360 e. The molecule has 0 radical (unpaired) electrons. The second kappa shape index (κ2) is 13.4. The van der Waals surface area contributed by atoms with Gasteiger partial charge in [-0.3, -0.25) is 9.35 Å². The summed E-state index contributed by atoms with van der Waals surface area (Å²) < 4.78 is 18.9. The summed E-state index contributed by atoms with van der Waals surface area (Å²) in [6, 6.07) is 19.6. The predicted molar refractivity (Wildman–Crippen MR) is 262 cm³/mol. The second-order valence-corrected chi connectivity index (χ2v) is 37.5. The third-order valence-corrected chi connectivity index (χ3v) is 32.2. The molecule has 0 amide bonds. The lowest BCUT2D eigenvalue weighted by Gasteiger charge is -2.72. The van der Waals surface area contributed by atoms with Crippen molar-refractivity contribution in [1.82, 2.24) is 9.35 Å². The summed E-state index contributed by atoms with van der Waals surface area (Å²) in [6.07, 6.45) is 16.2. The standard InChI is InChI=1S/C52H82N8Si2/c1-47(2,3)33-55-43-17-13-14-18-44(43)56(34-48(4,5)6)61(55)59(51-27-37-21-38(28-51)23-39(22-37)29-51)53-54-60(52-30-40-24-41(31-52)26-42(25-40)32-52)62(61)57(35-49(7,8)9)45-19-15-16-20-46(45)58(62)36-50(10,11)12/h13-20,37-42H,21-36H2,1-12H3. The molecule has 62 heavy (non-hydrogen) atoms. The fourth-order valence-corrected chi connectivity index (χ4v) is 37.4. The van der Waals surface area contributed by atoms with Crippen molar-refractivity contribution in [2.24, 2.45) is 67.6 Å². The second-order valence-electron chi connectivity index (χ2n) is 27.9. The highest BCUT2D eigenvalue weighted by Crippen LogP contribution is 2.68. The largest absolute Gasteiger partial charge is 0.455 e. The molecule has 8 saturated carbocycles. The van der Waals surface area contributed by atoms with Gasteiger partial charge in [-0.05, 0) is 158 Å². The van der Waals surface area contributed by atoms with E-state index in [0.29, 0.717) is 0 Å². The first-order valence-electron chi connectivity index (χ1n) is 25.3. The van der Waals surface area contributed by atoms with E-state index >= 15 is 0 Å². The van der Waals surface area contributed by atoms with Gasteiger partial charge in [-0.25, -0.2) is 0 Å². The van der Waals surface area contributed by atoms with E-state index in [9.17, 15) is 0 Å². The van der Waals surface area contributed by atoms with Crippen LogP contribution < -0.4 is 18.3 Å². The van der Waals surface area contributed by atoms with Gasteiger partial charge in [0.15, 0.2) is 0 Å². The number of hydrogen-bond acceptors (Lipinski definition) is 8. The number of hydrogen-bond donors (Lipinski definition) is 0. The van der Waals surface area contributed by atoms with Crippen molar-refractivity contribution in [1.29, 1.82) is 0 Å². The molecule has 8 aliphatic carbocycles. The quantitative estimate of drug-likeness (QED) is 0.269. The fraction of sp³-hybridized carbons (Fsp3) is 0.769. The van der Waals surface area contributed by atoms with Crippen LogP contribution in [-0.2, 0) is 0 Å². The Bertz CT molecular complexity index is 1800. The van der Waals surface area contributed by atoms with Gasteiger partial charge in [-0.15, -0.1) is 0 Å². The molecular weight excluding hydrogens is 793 g/mol. The van der Waals surface area contributed by atoms with Crippen molar-refractivity contribution >= 4 is 38.9 Å². The van der Waals surface area contributed by atoms with Crippen LogP contribution in [0.2, 0.25) is 0 Å². The van der Waals surface area contributed by atoms with E-state index in [4.69, 9.17) is 10.4 Å². The van der Waals surface area contributed by atoms with Crippen LogP contribution in [0.1, 0.15) is 160 Å². The molecule has 3 heterocycles. The maximum absolute atomic E-state index is 6.22. The maximum Gasteiger partial charge on any atom is 0.455 e. The lowest BCUT2D eigenvalue weighted by Crippen LogP contribution is -3.02. The summed E-state index contributed by atoms with van der Waals surface area (Å²) in [5.41, 5.74) is 6.03. The number of fused-ring (bicyclic) bond motifs is 3. The molecule has 2 spiro atoms. The average molecular weight is 875 g/mol. The SMILES string of the molecule is CC(C)(C)CN1c2ccccc2N(CC(C)(C)C)[Si]12N(C13CC4CC(CC(C4)C1)C3)N=NN(C13CC4CC(CC(C4)C1)C3)[Si]21N(CC(C)(C)C)c2ccccc2N1CC(C)(C)C. The van der Waals surface area contributed by atoms with Crippen LogP contribution in [0.15, 0.2) is 59.0 Å². The molecule has 338 valence electrons. The molecule has 0 N–H and O–H groups in total. The molecule has 8 bridgehead atoms. The van der Waals surface area contributed by atoms with Crippen LogP contribution in [0, 0.1) is 57.2 Å². The molecular formula is C52H82N8Si2. The van der Waals surface area contributed by atoms with Crippen LogP contribution in [-0.4, -0.2) is 62.8 Å². The third-order valence-electron chi connectivity index (χ3n) is 17.1. The molecule has 2 aromatic carbocycles. The zero-order chi connectivity index (χ0) is 43.6. The minimum absolute atomic E-state index is 0.00191. The molecule has 0 atom stereocenters. The summed E-state index contributed by atoms with van der Waals surface area (Å²) >= 11 is 0. The number of para-hydroxylation sites is 4. The number of anilines is 4. The molecule has 10 heteroatoms. The van der Waals surface area contributed by atoms with E-state index in [-0.39, 0.29) is 32.7 Å². The van der Waals surface area contributed by atoms with Gasteiger partial charge in [0.1, 0.15) is 0 Å². The number of rotatable bonds is 6. The Kier molecular flexibility index (Phi) is 9.09. The fourth-order valence-electron chi connectivity index (χ4n) is 16.7. The highest BCUT2D eigenvalue weighted by Gasteiger charge is 2.89. The normalized spacial score (nSPS) is 35.0. The van der Waals surface area contributed by atoms with Gasteiger partial charge in [0.25, 0.3) is 0 Å². The molecule has 8 fully saturated rings. The van der Waals surface area contributed by atoms with Crippen molar-refractivity contribution < 1.29 is 0 Å². The first-order chi connectivity index (χ1) is 29.0. The Hall–Kier alpha value is -2.73. The van der Waals surface area contributed by atoms with Gasteiger partial charge in [-0.1, -0.05) is 118 Å². The van der Waals surface area contributed by atoms with E-state index in [0.717, 1.165) is 61.7 Å². The van der Waals surface area contributed by atoms with E-state index in [2.05, 4.69) is 159 Å². The Balaban J connectivity index is 1.32. The minimum Gasteiger partial charge on any atom is -0.360 e. The number of nitrogens with zero attached hydrogens (tertiary/aromatic N) is 8. The third kappa shape index (κ3) is 6.18. The first kappa shape index (κ1) is 41.9. The predicted octanol–water partition coefficient (Wildman–Crippen LogP) is 12.6. The molecule has 8 nitrogen and oxygen atoms in total. The summed E-state index contributed by atoms with van der Waals surface area (Å²) in [5.74, 6) is 4.80.